The molecule has 138 valence electrons. The molecule has 27 heavy (non-hydrogen) atoms. The van der Waals surface area contributed by atoms with Gasteiger partial charge in [0, 0.05) is 17.7 Å². The van der Waals surface area contributed by atoms with E-state index in [0.29, 0.717) is 33.3 Å². The number of nitrogens with one attached hydrogen (secondary N) is 1. The van der Waals surface area contributed by atoms with Gasteiger partial charge >= 0.3 is 5.97 Å². The van der Waals surface area contributed by atoms with Crippen molar-refractivity contribution in [2.45, 2.75) is 25.1 Å². The van der Waals surface area contributed by atoms with Crippen LogP contribution in [-0.4, -0.2) is 28.7 Å². The van der Waals surface area contributed by atoms with Crippen LogP contribution in [0.2, 0.25) is 10.0 Å². The highest BCUT2D eigenvalue weighted by Gasteiger charge is 2.46. The number of nitrogens with zero attached hydrogens (tertiary/aromatic N) is 1. The first kappa shape index (κ1) is 17.8. The first-order valence-corrected chi connectivity index (χ1v) is 9.08. The van der Waals surface area contributed by atoms with Gasteiger partial charge < -0.3 is 10.1 Å². The van der Waals surface area contributed by atoms with Crippen molar-refractivity contribution in [2.24, 2.45) is 0 Å². The lowest BCUT2D eigenvalue weighted by Gasteiger charge is -2.29. The molecule has 0 bridgehead atoms. The molecule has 0 aromatic heterocycles. The van der Waals surface area contributed by atoms with Gasteiger partial charge in [-0.05, 0) is 30.7 Å². The highest BCUT2D eigenvalue weighted by atomic mass is 35.5. The van der Waals surface area contributed by atoms with Crippen LogP contribution in [0.4, 0.5) is 5.69 Å². The van der Waals surface area contributed by atoms with Gasteiger partial charge in [-0.25, -0.2) is 4.79 Å². The van der Waals surface area contributed by atoms with E-state index in [-0.39, 0.29) is 18.2 Å². The van der Waals surface area contributed by atoms with Gasteiger partial charge in [-0.2, -0.15) is 0 Å². The maximum absolute atomic E-state index is 12.8. The zero-order chi connectivity index (χ0) is 19.1. The third-order valence-corrected chi connectivity index (χ3v) is 5.40. The Balaban J connectivity index is 1.59. The maximum atomic E-state index is 12.8. The highest BCUT2D eigenvalue weighted by molar-refractivity contribution is 6.42. The Morgan fingerprint density at radius 2 is 1.89 bits per heavy atom. The number of carbonyl (C=O) groups is 3. The van der Waals surface area contributed by atoms with Crippen LogP contribution in [0.1, 0.15) is 35.0 Å². The van der Waals surface area contributed by atoms with Gasteiger partial charge in [0.2, 0.25) is 18.0 Å². The summed E-state index contributed by atoms with van der Waals surface area (Å²) in [4.78, 5) is 38.7. The molecular weight excluding hydrogens is 391 g/mol. The van der Waals surface area contributed by atoms with Crippen molar-refractivity contribution in [1.82, 2.24) is 4.90 Å². The molecule has 2 amide bonds. The molecule has 0 aliphatic carbocycles. The number of halogens is 2. The molecule has 8 heteroatoms. The zero-order valence-corrected chi connectivity index (χ0v) is 15.5. The SMILES string of the molecule is O=C1OC(N2C(=O)CCC2C(=O)Nc2ccc(Cl)c(Cl)c2)c2ccccc21. The van der Waals surface area contributed by atoms with E-state index in [9.17, 15) is 14.4 Å². The second kappa shape index (κ2) is 6.87. The van der Waals surface area contributed by atoms with E-state index in [1.54, 1.807) is 36.4 Å². The Hall–Kier alpha value is -2.57. The number of carbonyl (C=O) groups excluding carboxylic acids is 3. The molecule has 2 atom stereocenters. The number of cyclic esters (lactones) is 1. The van der Waals surface area contributed by atoms with Crippen LogP contribution in [0.25, 0.3) is 0 Å². The largest absolute Gasteiger partial charge is 0.433 e. The van der Waals surface area contributed by atoms with Crippen LogP contribution in [0.5, 0.6) is 0 Å². The first-order valence-electron chi connectivity index (χ1n) is 8.32. The number of ether oxygens (including phenoxy) is 1. The molecule has 2 aliphatic heterocycles. The quantitative estimate of drug-likeness (QED) is 0.789. The van der Waals surface area contributed by atoms with Gasteiger partial charge in [-0.15, -0.1) is 0 Å². The number of fused-ring (bicyclic) bond motifs is 1. The van der Waals surface area contributed by atoms with E-state index in [1.807, 2.05) is 0 Å². The van der Waals surface area contributed by atoms with Crippen molar-refractivity contribution in [3.63, 3.8) is 0 Å². The summed E-state index contributed by atoms with van der Waals surface area (Å²) in [5, 5.41) is 3.43. The van der Waals surface area contributed by atoms with Crippen LogP contribution in [0.3, 0.4) is 0 Å². The van der Waals surface area contributed by atoms with Gasteiger partial charge in [0.25, 0.3) is 0 Å². The van der Waals surface area contributed by atoms with Crippen LogP contribution >= 0.6 is 23.2 Å². The lowest BCUT2D eigenvalue weighted by molar-refractivity contribution is -0.144. The van der Waals surface area contributed by atoms with E-state index >= 15 is 0 Å². The summed E-state index contributed by atoms with van der Waals surface area (Å²) >= 11 is 11.9. The van der Waals surface area contributed by atoms with Crippen molar-refractivity contribution in [3.05, 3.63) is 63.6 Å². The van der Waals surface area contributed by atoms with Gasteiger partial charge in [0.1, 0.15) is 6.04 Å². The molecule has 2 unspecified atom stereocenters. The molecule has 0 saturated carbocycles. The summed E-state index contributed by atoms with van der Waals surface area (Å²) in [6.45, 7) is 0. The van der Waals surface area contributed by atoms with Crippen molar-refractivity contribution >= 4 is 46.7 Å². The van der Waals surface area contributed by atoms with Crippen molar-refractivity contribution in [1.29, 1.82) is 0 Å². The lowest BCUT2D eigenvalue weighted by atomic mass is 10.1. The number of benzene rings is 2. The Morgan fingerprint density at radius 3 is 2.67 bits per heavy atom. The Kier molecular flexibility index (Phi) is 4.53. The normalized spacial score (nSPS) is 21.2. The molecule has 2 heterocycles. The van der Waals surface area contributed by atoms with Gasteiger partial charge in [0.05, 0.1) is 15.6 Å². The van der Waals surface area contributed by atoms with Crippen LogP contribution < -0.4 is 5.32 Å². The minimum atomic E-state index is -0.895. The lowest BCUT2D eigenvalue weighted by Crippen LogP contribution is -2.43. The molecule has 1 saturated heterocycles. The minimum Gasteiger partial charge on any atom is -0.433 e. The number of likely N-dealkylation sites (tertiary alicyclic amines) is 1. The van der Waals surface area contributed by atoms with Gasteiger partial charge in [0.15, 0.2) is 0 Å². The summed E-state index contributed by atoms with van der Waals surface area (Å²) in [5.41, 5.74) is 1.47. The first-order chi connectivity index (χ1) is 13.0. The van der Waals surface area contributed by atoms with E-state index in [2.05, 4.69) is 5.32 Å². The molecular formula is C19H14Cl2N2O4. The van der Waals surface area contributed by atoms with Crippen molar-refractivity contribution < 1.29 is 19.1 Å². The van der Waals surface area contributed by atoms with Gasteiger partial charge in [-0.1, -0.05) is 41.4 Å². The molecule has 2 aromatic carbocycles. The fourth-order valence-electron chi connectivity index (χ4n) is 3.39. The van der Waals surface area contributed by atoms with Crippen LogP contribution in [0.15, 0.2) is 42.5 Å². The Morgan fingerprint density at radius 1 is 1.11 bits per heavy atom. The predicted octanol–water partition coefficient (Wildman–Crippen LogP) is 3.79. The number of hydrogen-bond acceptors (Lipinski definition) is 4. The second-order valence-corrected chi connectivity index (χ2v) is 7.13. The zero-order valence-electron chi connectivity index (χ0n) is 13.9. The number of rotatable bonds is 3. The molecule has 1 N–H and O–H groups in total. The Labute approximate surface area is 165 Å². The average Bonchev–Trinajstić information content (AvgIpc) is 3.19. The number of amides is 2. The molecule has 0 spiro atoms. The smallest absolute Gasteiger partial charge is 0.340 e. The maximum Gasteiger partial charge on any atom is 0.340 e. The summed E-state index contributed by atoms with van der Waals surface area (Å²) < 4.78 is 5.40. The fourth-order valence-corrected chi connectivity index (χ4v) is 3.68. The van der Waals surface area contributed by atoms with Gasteiger partial charge in [-0.3, -0.25) is 14.5 Å². The fraction of sp³-hybridized carbons (Fsp3) is 0.211. The third-order valence-electron chi connectivity index (χ3n) is 4.66. The monoisotopic (exact) mass is 404 g/mol. The second-order valence-electron chi connectivity index (χ2n) is 6.32. The summed E-state index contributed by atoms with van der Waals surface area (Å²) in [7, 11) is 0. The Bertz CT molecular complexity index is 962. The molecule has 1 fully saturated rings. The number of hydrogen-bond donors (Lipinski definition) is 1. The minimum absolute atomic E-state index is 0.204. The molecule has 2 aromatic rings. The molecule has 4 rings (SSSR count). The standard InChI is InChI=1S/C19H14Cl2N2O4/c20-13-6-5-10(9-14(13)21)22-17(25)15-7-8-16(24)23(15)18-11-3-1-2-4-12(11)19(26)27-18/h1-6,9,15,18H,7-8H2,(H,22,25). The van der Waals surface area contributed by atoms with E-state index < -0.39 is 18.2 Å². The van der Waals surface area contributed by atoms with E-state index in [0.717, 1.165) is 0 Å². The molecule has 2 aliphatic rings. The van der Waals surface area contributed by atoms with Crippen molar-refractivity contribution in [3.8, 4) is 0 Å². The molecule has 0 radical (unpaired) electrons. The molecule has 6 nitrogen and oxygen atoms in total. The number of esters is 1. The average molecular weight is 405 g/mol. The topological polar surface area (TPSA) is 75.7 Å². The van der Waals surface area contributed by atoms with E-state index in [1.165, 1.54) is 11.0 Å². The summed E-state index contributed by atoms with van der Waals surface area (Å²) in [6.07, 6.45) is -0.356. The number of anilines is 1. The van der Waals surface area contributed by atoms with Crippen molar-refractivity contribution in [2.75, 3.05) is 5.32 Å². The van der Waals surface area contributed by atoms with Crippen LogP contribution in [-0.2, 0) is 14.3 Å². The van der Waals surface area contributed by atoms with E-state index in [4.69, 9.17) is 27.9 Å². The summed E-state index contributed by atoms with van der Waals surface area (Å²) in [5.74, 6) is -1.11. The van der Waals surface area contributed by atoms with Crippen LogP contribution in [0, 0.1) is 0 Å². The predicted molar refractivity (Wildman–Crippen MR) is 99.6 cm³/mol. The third kappa shape index (κ3) is 3.15. The highest BCUT2D eigenvalue weighted by Crippen LogP contribution is 2.38. The summed E-state index contributed by atoms with van der Waals surface area (Å²) in [6, 6.07) is 10.8.